The van der Waals surface area contributed by atoms with Crippen molar-refractivity contribution in [3.63, 3.8) is 0 Å². The Morgan fingerprint density at radius 2 is 1.84 bits per heavy atom. The van der Waals surface area contributed by atoms with Crippen molar-refractivity contribution in [1.82, 2.24) is 26.2 Å². The van der Waals surface area contributed by atoms with E-state index in [9.17, 15) is 14.4 Å². The summed E-state index contributed by atoms with van der Waals surface area (Å²) in [7, 11) is 3.06. The Bertz CT molecular complexity index is 1000. The highest BCUT2D eigenvalue weighted by Gasteiger charge is 2.15. The number of carbonyl (C=O) groups is 3. The summed E-state index contributed by atoms with van der Waals surface area (Å²) in [4.78, 5) is 39.4. The van der Waals surface area contributed by atoms with Gasteiger partial charge in [-0.15, -0.1) is 0 Å². The molecule has 2 rings (SSSR count). The zero-order valence-corrected chi connectivity index (χ0v) is 18.5. The van der Waals surface area contributed by atoms with Crippen LogP contribution >= 0.6 is 0 Å². The molecular formula is C20H26N6O6. The Balaban J connectivity index is 1.87. The molecule has 32 heavy (non-hydrogen) atoms. The predicted molar refractivity (Wildman–Crippen MR) is 114 cm³/mol. The normalized spacial score (nSPS) is 11.1. The molecule has 0 bridgehead atoms. The number of methoxy groups -OCH3 is 2. The Morgan fingerprint density at radius 3 is 2.50 bits per heavy atom. The van der Waals surface area contributed by atoms with E-state index in [0.29, 0.717) is 28.6 Å². The summed E-state index contributed by atoms with van der Waals surface area (Å²) >= 11 is 0. The lowest BCUT2D eigenvalue weighted by Gasteiger charge is -2.07. The van der Waals surface area contributed by atoms with Crippen LogP contribution in [0.3, 0.4) is 0 Å². The van der Waals surface area contributed by atoms with Gasteiger partial charge in [0.25, 0.3) is 0 Å². The standard InChI is InChI=1S/C20H26N6O6/c1-11(2)22-19(28)20(29)25-24-12(3)8-16(27)21-10-17-23-18(26-32-17)13-6-7-14(30-4)15(9-13)31-5/h6-7,9,11H,8,10H2,1-5H3,(H,21,27)(H,22,28)(H,25,29)/b24-12-. The molecule has 1 aromatic carbocycles. The molecule has 0 saturated heterocycles. The number of nitrogens with one attached hydrogen (secondary N) is 3. The lowest BCUT2D eigenvalue weighted by atomic mass is 10.2. The van der Waals surface area contributed by atoms with Gasteiger partial charge < -0.3 is 24.6 Å². The predicted octanol–water partition coefficient (Wildman–Crippen LogP) is 0.777. The van der Waals surface area contributed by atoms with E-state index < -0.39 is 11.8 Å². The first kappa shape index (κ1) is 24.3. The number of aromatic nitrogens is 2. The highest BCUT2D eigenvalue weighted by Crippen LogP contribution is 2.31. The van der Waals surface area contributed by atoms with Crippen molar-refractivity contribution in [2.24, 2.45) is 5.10 Å². The number of ether oxygens (including phenoxy) is 2. The van der Waals surface area contributed by atoms with E-state index in [4.69, 9.17) is 14.0 Å². The summed E-state index contributed by atoms with van der Waals surface area (Å²) in [5, 5.41) is 12.7. The third kappa shape index (κ3) is 7.07. The van der Waals surface area contributed by atoms with Crippen LogP contribution in [0.1, 0.15) is 33.1 Å². The lowest BCUT2D eigenvalue weighted by molar-refractivity contribution is -0.139. The summed E-state index contributed by atoms with van der Waals surface area (Å²) in [6, 6.07) is 5.01. The van der Waals surface area contributed by atoms with Crippen molar-refractivity contribution >= 4 is 23.4 Å². The quantitative estimate of drug-likeness (QED) is 0.290. The summed E-state index contributed by atoms with van der Waals surface area (Å²) in [6.07, 6.45) is -0.0945. The minimum absolute atomic E-state index is 0.00948. The molecule has 0 radical (unpaired) electrons. The first-order chi connectivity index (χ1) is 15.2. The van der Waals surface area contributed by atoms with Crippen LogP contribution < -0.4 is 25.5 Å². The van der Waals surface area contributed by atoms with Gasteiger partial charge >= 0.3 is 11.8 Å². The second-order valence-corrected chi connectivity index (χ2v) is 6.95. The summed E-state index contributed by atoms with van der Waals surface area (Å²) in [6.45, 7) is 5.01. The van der Waals surface area contributed by atoms with Crippen LogP contribution in [-0.2, 0) is 20.9 Å². The van der Waals surface area contributed by atoms with Crippen LogP contribution in [0.2, 0.25) is 0 Å². The molecule has 3 N–H and O–H groups in total. The van der Waals surface area contributed by atoms with Gasteiger partial charge in [0.2, 0.25) is 17.6 Å². The van der Waals surface area contributed by atoms with E-state index in [1.165, 1.54) is 14.2 Å². The molecule has 0 aliphatic heterocycles. The maximum Gasteiger partial charge on any atom is 0.329 e. The third-order valence-corrected chi connectivity index (χ3v) is 3.94. The first-order valence-corrected chi connectivity index (χ1v) is 9.69. The van der Waals surface area contributed by atoms with Gasteiger partial charge in [0.05, 0.1) is 27.2 Å². The van der Waals surface area contributed by atoms with E-state index in [1.807, 2.05) is 0 Å². The van der Waals surface area contributed by atoms with Gasteiger partial charge in [-0.1, -0.05) is 5.16 Å². The number of benzene rings is 1. The van der Waals surface area contributed by atoms with Gasteiger partial charge in [0, 0.05) is 17.3 Å². The average Bonchev–Trinajstić information content (AvgIpc) is 3.24. The minimum atomic E-state index is -0.910. The molecule has 12 heteroatoms. The lowest BCUT2D eigenvalue weighted by Crippen LogP contribution is -2.41. The summed E-state index contributed by atoms with van der Waals surface area (Å²) < 4.78 is 15.6. The monoisotopic (exact) mass is 446 g/mol. The smallest absolute Gasteiger partial charge is 0.329 e. The minimum Gasteiger partial charge on any atom is -0.493 e. The van der Waals surface area contributed by atoms with Crippen molar-refractivity contribution in [2.45, 2.75) is 39.8 Å². The van der Waals surface area contributed by atoms with Crippen LogP contribution in [0.5, 0.6) is 11.5 Å². The van der Waals surface area contributed by atoms with E-state index in [1.54, 1.807) is 39.0 Å². The van der Waals surface area contributed by atoms with Gasteiger partial charge in [-0.05, 0) is 39.0 Å². The van der Waals surface area contributed by atoms with E-state index in [0.717, 1.165) is 0 Å². The second kappa shape index (κ2) is 11.4. The van der Waals surface area contributed by atoms with Crippen molar-refractivity contribution in [1.29, 1.82) is 0 Å². The maximum absolute atomic E-state index is 12.1. The number of hydrazone groups is 1. The SMILES string of the molecule is COc1ccc(-c2noc(CNC(=O)C/C(C)=N\NC(=O)C(=O)NC(C)C)n2)cc1OC. The molecule has 0 aliphatic rings. The average molecular weight is 446 g/mol. The first-order valence-electron chi connectivity index (χ1n) is 9.69. The fourth-order valence-corrected chi connectivity index (χ4v) is 2.45. The highest BCUT2D eigenvalue weighted by atomic mass is 16.5. The second-order valence-electron chi connectivity index (χ2n) is 6.95. The number of hydrogen-bond acceptors (Lipinski definition) is 9. The van der Waals surface area contributed by atoms with Gasteiger partial charge in [-0.2, -0.15) is 10.1 Å². The highest BCUT2D eigenvalue weighted by molar-refractivity contribution is 6.35. The molecule has 0 atom stereocenters. The topological polar surface area (TPSA) is 157 Å². The zero-order chi connectivity index (χ0) is 23.7. The zero-order valence-electron chi connectivity index (χ0n) is 18.5. The Kier molecular flexibility index (Phi) is 8.69. The molecule has 1 heterocycles. The Labute approximate surface area is 184 Å². The molecule has 3 amide bonds. The van der Waals surface area contributed by atoms with E-state index in [2.05, 4.69) is 31.3 Å². The molecule has 0 saturated carbocycles. The number of amides is 3. The maximum atomic E-state index is 12.1. The summed E-state index contributed by atoms with van der Waals surface area (Å²) in [5.41, 5.74) is 3.07. The van der Waals surface area contributed by atoms with Crippen molar-refractivity contribution in [2.75, 3.05) is 14.2 Å². The van der Waals surface area contributed by atoms with Crippen LogP contribution in [-0.4, -0.2) is 53.8 Å². The van der Waals surface area contributed by atoms with Crippen LogP contribution in [0, 0.1) is 0 Å². The van der Waals surface area contributed by atoms with Gasteiger partial charge in [-0.3, -0.25) is 14.4 Å². The number of carbonyl (C=O) groups excluding carboxylic acids is 3. The molecule has 172 valence electrons. The van der Waals surface area contributed by atoms with Crippen molar-refractivity contribution < 1.29 is 28.4 Å². The van der Waals surface area contributed by atoms with E-state index in [-0.39, 0.29) is 30.8 Å². The van der Waals surface area contributed by atoms with Gasteiger partial charge in [0.1, 0.15) is 0 Å². The van der Waals surface area contributed by atoms with Gasteiger partial charge in [0.15, 0.2) is 11.5 Å². The van der Waals surface area contributed by atoms with Crippen molar-refractivity contribution in [3.8, 4) is 22.9 Å². The molecule has 2 aromatic rings. The Morgan fingerprint density at radius 1 is 1.12 bits per heavy atom. The molecule has 0 fully saturated rings. The third-order valence-electron chi connectivity index (χ3n) is 3.94. The number of rotatable bonds is 9. The van der Waals surface area contributed by atoms with Crippen molar-refractivity contribution in [3.05, 3.63) is 24.1 Å². The van der Waals surface area contributed by atoms with Crippen LogP contribution in [0.15, 0.2) is 27.8 Å². The molecule has 0 aliphatic carbocycles. The molecule has 0 unspecified atom stereocenters. The Hall–Kier alpha value is -3.96. The summed E-state index contributed by atoms with van der Waals surface area (Å²) in [5.74, 6) is -0.464. The van der Waals surface area contributed by atoms with Crippen LogP contribution in [0.4, 0.5) is 0 Å². The van der Waals surface area contributed by atoms with E-state index >= 15 is 0 Å². The fourth-order valence-electron chi connectivity index (χ4n) is 2.45. The van der Waals surface area contributed by atoms with Crippen LogP contribution in [0.25, 0.3) is 11.4 Å². The molecular weight excluding hydrogens is 420 g/mol. The fraction of sp³-hybridized carbons (Fsp3) is 0.400. The number of hydrogen-bond donors (Lipinski definition) is 3. The molecule has 0 spiro atoms. The largest absolute Gasteiger partial charge is 0.493 e. The molecule has 12 nitrogen and oxygen atoms in total. The molecule has 1 aromatic heterocycles. The van der Waals surface area contributed by atoms with Gasteiger partial charge in [-0.25, -0.2) is 5.43 Å². The number of nitrogens with zero attached hydrogens (tertiary/aromatic N) is 3.